The minimum Gasteiger partial charge on any atom is -0.469 e. The van der Waals surface area contributed by atoms with Crippen molar-refractivity contribution in [3.05, 3.63) is 35.8 Å². The van der Waals surface area contributed by atoms with E-state index in [0.717, 1.165) is 5.57 Å². The first-order valence-electron chi connectivity index (χ1n) is 4.08. The molecule has 3 nitrogen and oxygen atoms in total. The zero-order chi connectivity index (χ0) is 9.84. The topological polar surface area (TPSA) is 42.2 Å². The van der Waals surface area contributed by atoms with Crippen LogP contribution in [-0.4, -0.2) is 12.5 Å². The summed E-state index contributed by atoms with van der Waals surface area (Å²) in [5.41, 5.74) is 1.51. The number of carbonyl (C=O) groups is 1. The molecule has 0 aromatic carbocycles. The van der Waals surface area contributed by atoms with Crippen LogP contribution in [0.4, 0.5) is 0 Å². The normalized spacial score (nSPS) is 9.69. The van der Waals surface area contributed by atoms with E-state index in [1.54, 1.807) is 13.0 Å². The van der Waals surface area contributed by atoms with E-state index in [4.69, 9.17) is 4.42 Å². The summed E-state index contributed by atoms with van der Waals surface area (Å²) >= 11 is 0. The van der Waals surface area contributed by atoms with Gasteiger partial charge in [-0.15, -0.1) is 0 Å². The molecular weight excluding hydrogens is 166 g/mol. The van der Waals surface area contributed by atoms with Crippen molar-refractivity contribution in [2.45, 2.75) is 13.8 Å². The number of rotatable bonds is 3. The molecule has 0 aliphatic heterocycles. The Morgan fingerprint density at radius 1 is 1.69 bits per heavy atom. The van der Waals surface area contributed by atoms with Gasteiger partial charge in [0, 0.05) is 6.54 Å². The molecule has 0 atom stereocenters. The molecule has 0 fully saturated rings. The van der Waals surface area contributed by atoms with E-state index in [2.05, 4.69) is 11.9 Å². The van der Waals surface area contributed by atoms with Gasteiger partial charge in [-0.05, 0) is 19.9 Å². The van der Waals surface area contributed by atoms with Crippen molar-refractivity contribution in [2.24, 2.45) is 0 Å². The molecule has 13 heavy (non-hydrogen) atoms. The summed E-state index contributed by atoms with van der Waals surface area (Å²) in [6.45, 7) is 7.82. The van der Waals surface area contributed by atoms with Gasteiger partial charge in [-0.25, -0.2) is 0 Å². The number of aryl methyl sites for hydroxylation is 1. The Bertz CT molecular complexity index is 325. The molecule has 1 aromatic rings. The minimum absolute atomic E-state index is 0.116. The predicted octanol–water partition coefficient (Wildman–Crippen LogP) is 1.89. The molecule has 3 heteroatoms. The predicted molar refractivity (Wildman–Crippen MR) is 50.6 cm³/mol. The number of carbonyl (C=O) groups excluding carboxylic acids is 1. The summed E-state index contributed by atoms with van der Waals surface area (Å²) in [6.07, 6.45) is 1.50. The second-order valence-corrected chi connectivity index (χ2v) is 3.03. The molecule has 1 N–H and O–H groups in total. The quantitative estimate of drug-likeness (QED) is 0.720. The van der Waals surface area contributed by atoms with Gasteiger partial charge in [0.2, 0.25) is 0 Å². The van der Waals surface area contributed by atoms with E-state index in [1.807, 2.05) is 6.92 Å². The highest BCUT2D eigenvalue weighted by molar-refractivity contribution is 5.95. The molecule has 1 aromatic heterocycles. The fourth-order valence-corrected chi connectivity index (χ4v) is 0.947. The van der Waals surface area contributed by atoms with Crippen LogP contribution in [0.15, 0.2) is 28.9 Å². The van der Waals surface area contributed by atoms with E-state index in [1.165, 1.54) is 6.26 Å². The smallest absolute Gasteiger partial charge is 0.255 e. The van der Waals surface area contributed by atoms with Crippen LogP contribution in [-0.2, 0) is 0 Å². The maximum Gasteiger partial charge on any atom is 0.255 e. The molecule has 0 aliphatic rings. The van der Waals surface area contributed by atoms with E-state index in [9.17, 15) is 4.79 Å². The van der Waals surface area contributed by atoms with E-state index in [0.29, 0.717) is 17.9 Å². The van der Waals surface area contributed by atoms with Crippen molar-refractivity contribution in [1.82, 2.24) is 5.32 Å². The van der Waals surface area contributed by atoms with Gasteiger partial charge in [0.05, 0.1) is 11.8 Å². The zero-order valence-corrected chi connectivity index (χ0v) is 7.89. The largest absolute Gasteiger partial charge is 0.469 e. The molecule has 0 saturated heterocycles. The van der Waals surface area contributed by atoms with Gasteiger partial charge < -0.3 is 9.73 Å². The Kier molecular flexibility index (Phi) is 2.90. The highest BCUT2D eigenvalue weighted by Gasteiger charge is 2.09. The van der Waals surface area contributed by atoms with Gasteiger partial charge in [-0.1, -0.05) is 12.2 Å². The first-order valence-corrected chi connectivity index (χ1v) is 4.08. The Hall–Kier alpha value is -1.51. The third-order valence-electron chi connectivity index (χ3n) is 1.65. The Morgan fingerprint density at radius 2 is 2.38 bits per heavy atom. The van der Waals surface area contributed by atoms with Crippen molar-refractivity contribution in [1.29, 1.82) is 0 Å². The maximum atomic E-state index is 11.4. The Balaban J connectivity index is 2.59. The van der Waals surface area contributed by atoms with Crippen LogP contribution in [0.5, 0.6) is 0 Å². The van der Waals surface area contributed by atoms with Gasteiger partial charge in [-0.2, -0.15) is 0 Å². The molecule has 0 bridgehead atoms. The third kappa shape index (κ3) is 2.47. The first kappa shape index (κ1) is 9.58. The fraction of sp³-hybridized carbons (Fsp3) is 0.300. The van der Waals surface area contributed by atoms with E-state index >= 15 is 0 Å². The van der Waals surface area contributed by atoms with Crippen LogP contribution < -0.4 is 5.32 Å². The zero-order valence-electron chi connectivity index (χ0n) is 7.89. The molecule has 0 radical (unpaired) electrons. The molecule has 0 saturated carbocycles. The molecular formula is C10H13NO2. The Morgan fingerprint density at radius 3 is 2.85 bits per heavy atom. The monoisotopic (exact) mass is 179 g/mol. The SMILES string of the molecule is C=C(C)CNC(=O)c1ccoc1C. The number of furan rings is 1. The number of hydrogen-bond acceptors (Lipinski definition) is 2. The van der Waals surface area contributed by atoms with Gasteiger partial charge in [0.15, 0.2) is 0 Å². The van der Waals surface area contributed by atoms with E-state index in [-0.39, 0.29) is 5.91 Å². The first-order chi connectivity index (χ1) is 6.11. The van der Waals surface area contributed by atoms with Crippen LogP contribution in [0.3, 0.4) is 0 Å². The molecule has 70 valence electrons. The summed E-state index contributed by atoms with van der Waals surface area (Å²) in [7, 11) is 0. The minimum atomic E-state index is -0.116. The molecule has 0 aliphatic carbocycles. The standard InChI is InChI=1S/C10H13NO2/c1-7(2)6-11-10(12)9-4-5-13-8(9)3/h4-5H,1,6H2,2-3H3,(H,11,12). The van der Waals surface area contributed by atoms with Crippen molar-refractivity contribution >= 4 is 5.91 Å². The molecule has 0 spiro atoms. The van der Waals surface area contributed by atoms with Crippen molar-refractivity contribution in [3.8, 4) is 0 Å². The van der Waals surface area contributed by atoms with Gasteiger partial charge in [0.1, 0.15) is 5.76 Å². The van der Waals surface area contributed by atoms with Gasteiger partial charge in [0.25, 0.3) is 5.91 Å². The molecule has 1 rings (SSSR count). The highest BCUT2D eigenvalue weighted by Crippen LogP contribution is 2.07. The van der Waals surface area contributed by atoms with Crippen LogP contribution >= 0.6 is 0 Å². The van der Waals surface area contributed by atoms with Gasteiger partial charge in [-0.3, -0.25) is 4.79 Å². The van der Waals surface area contributed by atoms with Gasteiger partial charge >= 0.3 is 0 Å². The summed E-state index contributed by atoms with van der Waals surface area (Å²) in [5, 5.41) is 2.73. The highest BCUT2D eigenvalue weighted by atomic mass is 16.3. The third-order valence-corrected chi connectivity index (χ3v) is 1.65. The van der Waals surface area contributed by atoms with Crippen LogP contribution in [0, 0.1) is 6.92 Å². The summed E-state index contributed by atoms with van der Waals surface area (Å²) in [4.78, 5) is 11.4. The van der Waals surface area contributed by atoms with Crippen LogP contribution in [0.2, 0.25) is 0 Å². The second-order valence-electron chi connectivity index (χ2n) is 3.03. The van der Waals surface area contributed by atoms with E-state index < -0.39 is 0 Å². The maximum absolute atomic E-state index is 11.4. The van der Waals surface area contributed by atoms with Crippen LogP contribution in [0.25, 0.3) is 0 Å². The van der Waals surface area contributed by atoms with Crippen molar-refractivity contribution in [3.63, 3.8) is 0 Å². The summed E-state index contributed by atoms with van der Waals surface area (Å²) in [6, 6.07) is 1.66. The summed E-state index contributed by atoms with van der Waals surface area (Å²) in [5.74, 6) is 0.522. The lowest BCUT2D eigenvalue weighted by molar-refractivity contribution is 0.0955. The second kappa shape index (κ2) is 3.94. The van der Waals surface area contributed by atoms with Crippen molar-refractivity contribution < 1.29 is 9.21 Å². The molecule has 1 amide bonds. The molecule has 1 heterocycles. The summed E-state index contributed by atoms with van der Waals surface area (Å²) < 4.78 is 5.01. The fourth-order valence-electron chi connectivity index (χ4n) is 0.947. The number of nitrogens with one attached hydrogen (secondary N) is 1. The number of amides is 1. The van der Waals surface area contributed by atoms with Crippen molar-refractivity contribution in [2.75, 3.05) is 6.54 Å². The lowest BCUT2D eigenvalue weighted by Crippen LogP contribution is -2.24. The Labute approximate surface area is 77.4 Å². The average Bonchev–Trinajstić information content (AvgIpc) is 2.47. The van der Waals surface area contributed by atoms with Crippen LogP contribution in [0.1, 0.15) is 23.0 Å². The average molecular weight is 179 g/mol. The molecule has 0 unspecified atom stereocenters. The lowest BCUT2D eigenvalue weighted by Gasteiger charge is -2.02. The lowest BCUT2D eigenvalue weighted by atomic mass is 10.2. The number of hydrogen-bond donors (Lipinski definition) is 1.